The molecule has 0 aliphatic rings. The number of aryl methyl sites for hydroxylation is 1. The molecule has 3 aromatic rings. The second-order valence-electron chi connectivity index (χ2n) is 5.24. The fourth-order valence-electron chi connectivity index (χ4n) is 2.27. The van der Waals surface area contributed by atoms with Gasteiger partial charge in [-0.15, -0.1) is 11.3 Å². The summed E-state index contributed by atoms with van der Waals surface area (Å²) in [4.78, 5) is 33.4. The first-order valence-corrected chi connectivity index (χ1v) is 8.36. The minimum Gasteiger partial charge on any atom is -0.353 e. The summed E-state index contributed by atoms with van der Waals surface area (Å²) in [6.07, 6.45) is 4.99. The molecule has 0 aliphatic carbocycles. The maximum absolute atomic E-state index is 12.1. The van der Waals surface area contributed by atoms with Crippen molar-refractivity contribution in [1.82, 2.24) is 24.4 Å². The standard InChI is InChI=1S/C16H17N5O2S/c1-12-17-4-6-20(12)7-5-18-15(22)10-21-11-19-13(9-16(21)23)14-3-2-8-24-14/h2-4,6,8-9,11H,5,7,10H2,1H3,(H,18,22). The molecule has 0 fully saturated rings. The highest BCUT2D eigenvalue weighted by Crippen LogP contribution is 2.20. The maximum Gasteiger partial charge on any atom is 0.254 e. The summed E-state index contributed by atoms with van der Waals surface area (Å²) >= 11 is 1.52. The van der Waals surface area contributed by atoms with Gasteiger partial charge in [-0.1, -0.05) is 6.07 Å². The van der Waals surface area contributed by atoms with Crippen LogP contribution in [0.1, 0.15) is 5.82 Å². The highest BCUT2D eigenvalue weighted by molar-refractivity contribution is 7.13. The fraction of sp³-hybridized carbons (Fsp3) is 0.250. The smallest absolute Gasteiger partial charge is 0.254 e. The van der Waals surface area contributed by atoms with E-state index < -0.39 is 0 Å². The van der Waals surface area contributed by atoms with Gasteiger partial charge in [-0.3, -0.25) is 14.2 Å². The van der Waals surface area contributed by atoms with Crippen molar-refractivity contribution in [3.63, 3.8) is 0 Å². The zero-order valence-corrected chi connectivity index (χ0v) is 14.0. The van der Waals surface area contributed by atoms with Crippen molar-refractivity contribution >= 4 is 17.2 Å². The number of aromatic nitrogens is 4. The zero-order valence-electron chi connectivity index (χ0n) is 13.2. The predicted molar refractivity (Wildman–Crippen MR) is 91.8 cm³/mol. The molecule has 0 atom stereocenters. The van der Waals surface area contributed by atoms with E-state index in [9.17, 15) is 9.59 Å². The largest absolute Gasteiger partial charge is 0.353 e. The molecule has 3 heterocycles. The average molecular weight is 343 g/mol. The molecule has 24 heavy (non-hydrogen) atoms. The molecule has 1 N–H and O–H groups in total. The van der Waals surface area contributed by atoms with Crippen LogP contribution in [-0.2, 0) is 17.9 Å². The lowest BCUT2D eigenvalue weighted by molar-refractivity contribution is -0.121. The highest BCUT2D eigenvalue weighted by atomic mass is 32.1. The van der Waals surface area contributed by atoms with E-state index in [1.807, 2.05) is 35.2 Å². The molecule has 8 heteroatoms. The average Bonchev–Trinajstić information content (AvgIpc) is 3.22. The van der Waals surface area contributed by atoms with Crippen LogP contribution in [0.15, 0.2) is 47.1 Å². The number of rotatable bonds is 6. The van der Waals surface area contributed by atoms with Crippen molar-refractivity contribution in [2.45, 2.75) is 20.0 Å². The minimum atomic E-state index is -0.242. The van der Waals surface area contributed by atoms with Gasteiger partial charge in [0.15, 0.2) is 0 Å². The third kappa shape index (κ3) is 3.77. The SMILES string of the molecule is Cc1nccn1CCNC(=O)Cn1cnc(-c2cccs2)cc1=O. The monoisotopic (exact) mass is 343 g/mol. The Morgan fingerprint density at radius 2 is 2.21 bits per heavy atom. The first-order valence-electron chi connectivity index (χ1n) is 7.48. The van der Waals surface area contributed by atoms with Gasteiger partial charge in [-0.2, -0.15) is 0 Å². The number of nitrogens with one attached hydrogen (secondary N) is 1. The Kier molecular flexibility index (Phi) is 4.85. The number of hydrogen-bond donors (Lipinski definition) is 1. The van der Waals surface area contributed by atoms with E-state index in [2.05, 4.69) is 15.3 Å². The van der Waals surface area contributed by atoms with Gasteiger partial charge in [-0.25, -0.2) is 9.97 Å². The van der Waals surface area contributed by atoms with Gasteiger partial charge in [0.05, 0.1) is 16.9 Å². The fourth-order valence-corrected chi connectivity index (χ4v) is 2.96. The van der Waals surface area contributed by atoms with Gasteiger partial charge in [0.25, 0.3) is 5.56 Å². The van der Waals surface area contributed by atoms with Crippen LogP contribution in [0.25, 0.3) is 10.6 Å². The molecule has 0 radical (unpaired) electrons. The van der Waals surface area contributed by atoms with Crippen molar-refractivity contribution in [1.29, 1.82) is 0 Å². The third-order valence-electron chi connectivity index (χ3n) is 3.57. The van der Waals surface area contributed by atoms with Crippen LogP contribution in [0.2, 0.25) is 0 Å². The van der Waals surface area contributed by atoms with Gasteiger partial charge in [0.2, 0.25) is 5.91 Å². The lowest BCUT2D eigenvalue weighted by Gasteiger charge is -2.09. The summed E-state index contributed by atoms with van der Waals surface area (Å²) < 4.78 is 3.25. The van der Waals surface area contributed by atoms with Crippen LogP contribution in [0, 0.1) is 6.92 Å². The number of carbonyl (C=O) groups excluding carboxylic acids is 1. The van der Waals surface area contributed by atoms with E-state index in [1.165, 1.54) is 28.3 Å². The van der Waals surface area contributed by atoms with E-state index in [0.29, 0.717) is 18.8 Å². The van der Waals surface area contributed by atoms with Gasteiger partial charge < -0.3 is 9.88 Å². The summed E-state index contributed by atoms with van der Waals surface area (Å²) in [6, 6.07) is 5.26. The lowest BCUT2D eigenvalue weighted by atomic mass is 10.3. The van der Waals surface area contributed by atoms with Gasteiger partial charge in [0.1, 0.15) is 12.4 Å². The Morgan fingerprint density at radius 3 is 2.88 bits per heavy atom. The quantitative estimate of drug-likeness (QED) is 0.731. The Balaban J connectivity index is 1.56. The van der Waals surface area contributed by atoms with Crippen molar-refractivity contribution in [2.24, 2.45) is 0 Å². The molecule has 3 aromatic heterocycles. The molecule has 0 saturated carbocycles. The summed E-state index contributed by atoms with van der Waals surface area (Å²) in [7, 11) is 0. The molecule has 1 amide bonds. The number of nitrogens with zero attached hydrogens (tertiary/aromatic N) is 4. The summed E-state index contributed by atoms with van der Waals surface area (Å²) in [5.41, 5.74) is 0.385. The Hall–Kier alpha value is -2.74. The summed E-state index contributed by atoms with van der Waals surface area (Å²) in [6.45, 7) is 2.98. The van der Waals surface area contributed by atoms with Crippen molar-refractivity contribution in [3.8, 4) is 10.6 Å². The van der Waals surface area contributed by atoms with Crippen LogP contribution >= 0.6 is 11.3 Å². The van der Waals surface area contributed by atoms with Gasteiger partial charge in [-0.05, 0) is 18.4 Å². The zero-order chi connectivity index (χ0) is 16.9. The molecule has 0 aromatic carbocycles. The highest BCUT2D eigenvalue weighted by Gasteiger charge is 2.07. The molecule has 3 rings (SSSR count). The molecule has 0 aliphatic heterocycles. The molecule has 7 nitrogen and oxygen atoms in total. The van der Waals surface area contributed by atoms with Crippen LogP contribution < -0.4 is 10.9 Å². The molecule has 0 spiro atoms. The second-order valence-corrected chi connectivity index (χ2v) is 6.18. The van der Waals surface area contributed by atoms with E-state index >= 15 is 0 Å². The maximum atomic E-state index is 12.1. The Labute approximate surface area is 142 Å². The Morgan fingerprint density at radius 1 is 1.33 bits per heavy atom. The number of hydrogen-bond acceptors (Lipinski definition) is 5. The van der Waals surface area contributed by atoms with Crippen LogP contribution in [0.4, 0.5) is 0 Å². The van der Waals surface area contributed by atoms with Gasteiger partial charge >= 0.3 is 0 Å². The van der Waals surface area contributed by atoms with Crippen LogP contribution in [-0.4, -0.2) is 31.6 Å². The van der Waals surface area contributed by atoms with E-state index in [1.54, 1.807) is 6.20 Å². The third-order valence-corrected chi connectivity index (χ3v) is 4.46. The first kappa shape index (κ1) is 16.1. The van der Waals surface area contributed by atoms with Gasteiger partial charge in [0, 0.05) is 31.5 Å². The van der Waals surface area contributed by atoms with E-state index in [-0.39, 0.29) is 18.0 Å². The number of amides is 1. The molecule has 0 unspecified atom stereocenters. The topological polar surface area (TPSA) is 81.8 Å². The summed E-state index contributed by atoms with van der Waals surface area (Å²) in [5.74, 6) is 0.675. The lowest BCUT2D eigenvalue weighted by Crippen LogP contribution is -2.34. The summed E-state index contributed by atoms with van der Waals surface area (Å²) in [5, 5.41) is 4.72. The number of imidazole rings is 1. The van der Waals surface area contributed by atoms with Crippen molar-refractivity contribution in [2.75, 3.05) is 6.54 Å². The van der Waals surface area contributed by atoms with Crippen LogP contribution in [0.3, 0.4) is 0 Å². The van der Waals surface area contributed by atoms with Crippen molar-refractivity contribution in [3.05, 3.63) is 58.5 Å². The van der Waals surface area contributed by atoms with E-state index in [0.717, 1.165) is 10.7 Å². The second kappa shape index (κ2) is 7.22. The number of thiophene rings is 1. The first-order chi connectivity index (χ1) is 11.6. The normalized spacial score (nSPS) is 10.7. The number of carbonyl (C=O) groups is 1. The Bertz CT molecular complexity index is 882. The molecule has 0 bridgehead atoms. The van der Waals surface area contributed by atoms with E-state index in [4.69, 9.17) is 0 Å². The molecular weight excluding hydrogens is 326 g/mol. The molecular formula is C16H17N5O2S. The molecule has 124 valence electrons. The van der Waals surface area contributed by atoms with Crippen molar-refractivity contribution < 1.29 is 4.79 Å². The minimum absolute atomic E-state index is 0.0422. The molecule has 0 saturated heterocycles. The predicted octanol–water partition coefficient (Wildman–Crippen LogP) is 1.29. The van der Waals surface area contributed by atoms with Crippen LogP contribution in [0.5, 0.6) is 0 Å².